The Bertz CT molecular complexity index is 2600. The summed E-state index contributed by atoms with van der Waals surface area (Å²) in [5.74, 6) is -1.25. The number of hydrogen-bond donors (Lipinski definition) is 10. The summed E-state index contributed by atoms with van der Waals surface area (Å²) in [5, 5.41) is 113. The van der Waals surface area contributed by atoms with Crippen molar-refractivity contribution in [3.05, 3.63) is 53.6 Å². The molecule has 0 aromatic heterocycles. The van der Waals surface area contributed by atoms with E-state index in [9.17, 15) is 55.9 Å². The van der Waals surface area contributed by atoms with Gasteiger partial charge in [0.15, 0.2) is 31.5 Å². The van der Waals surface area contributed by atoms with E-state index in [1.807, 2.05) is 50.3 Å². The molecule has 4 aliphatic carbocycles. The zero-order chi connectivity index (χ0) is 65.0. The van der Waals surface area contributed by atoms with Gasteiger partial charge in [0.25, 0.3) is 0 Å². The molecule has 5 aliphatic heterocycles. The van der Waals surface area contributed by atoms with Crippen LogP contribution >= 0.6 is 0 Å². The Morgan fingerprint density at radius 3 is 1.71 bits per heavy atom. The third kappa shape index (κ3) is 12.7. The molecule has 26 heteroatoms. The molecular formula is C64H98O26. The molecule has 3 saturated carbocycles. The number of esters is 1. The Kier molecular flexibility index (Phi) is 21.9. The molecule has 0 radical (unpaired) electrons. The van der Waals surface area contributed by atoms with Gasteiger partial charge in [0.1, 0.15) is 90.1 Å². The normalized spacial score (nSPS) is 49.3. The Morgan fingerprint density at radius 2 is 1.17 bits per heavy atom. The lowest BCUT2D eigenvalue weighted by molar-refractivity contribution is -0.377. The number of benzene rings is 1. The minimum absolute atomic E-state index is 0.00966. The van der Waals surface area contributed by atoms with Crippen molar-refractivity contribution in [1.82, 2.24) is 0 Å². The molecule has 1 aromatic rings. The maximum Gasteiger partial charge on any atom is 0.331 e. The highest BCUT2D eigenvalue weighted by atomic mass is 16.8. The zero-order valence-electron chi connectivity index (χ0n) is 53.1. The summed E-state index contributed by atoms with van der Waals surface area (Å²) < 4.78 is 93.3. The number of fused-ring (bicyclic) bond motifs is 5. The smallest absolute Gasteiger partial charge is 0.331 e. The minimum Gasteiger partial charge on any atom is -0.458 e. The van der Waals surface area contributed by atoms with Crippen molar-refractivity contribution in [2.75, 3.05) is 41.7 Å². The number of hydrogen-bond acceptors (Lipinski definition) is 26. The Hall–Kier alpha value is -2.79. The van der Waals surface area contributed by atoms with Crippen LogP contribution < -0.4 is 0 Å². The van der Waals surface area contributed by atoms with E-state index in [-0.39, 0.29) is 44.6 Å². The van der Waals surface area contributed by atoms with Crippen molar-refractivity contribution >= 4 is 12.0 Å². The van der Waals surface area contributed by atoms with Crippen LogP contribution in [0.5, 0.6) is 0 Å². The number of ether oxygens (including phenoxy) is 15. The first-order valence-corrected chi connectivity index (χ1v) is 31.8. The third-order valence-corrected chi connectivity index (χ3v) is 22.0. The lowest BCUT2D eigenvalue weighted by atomic mass is 9.42. The summed E-state index contributed by atoms with van der Waals surface area (Å²) in [6.07, 6.45) is -17.5. The average molecular weight is 1280 g/mol. The number of carbonyl (C=O) groups is 1. The molecule has 510 valence electrons. The highest BCUT2D eigenvalue weighted by Crippen LogP contribution is 2.71. The van der Waals surface area contributed by atoms with E-state index in [0.29, 0.717) is 25.7 Å². The van der Waals surface area contributed by atoms with Crippen LogP contribution in [-0.4, -0.2) is 269 Å². The van der Waals surface area contributed by atoms with E-state index in [4.69, 9.17) is 71.1 Å². The summed E-state index contributed by atoms with van der Waals surface area (Å²) in [6, 6.07) is 9.29. The summed E-state index contributed by atoms with van der Waals surface area (Å²) in [4.78, 5) is 13.7. The van der Waals surface area contributed by atoms with Crippen molar-refractivity contribution < 1.29 is 127 Å². The average Bonchev–Trinajstić information content (AvgIpc) is 1.37. The molecule has 5 saturated heterocycles. The molecule has 5 heterocycles. The van der Waals surface area contributed by atoms with E-state index in [1.54, 1.807) is 34.1 Å². The second-order valence-corrected chi connectivity index (χ2v) is 26.8. The van der Waals surface area contributed by atoms with Crippen molar-refractivity contribution in [1.29, 1.82) is 0 Å². The van der Waals surface area contributed by atoms with E-state index in [2.05, 4.69) is 6.92 Å². The summed E-state index contributed by atoms with van der Waals surface area (Å²) in [7, 11) is 5.99. The number of methoxy groups -OCH3 is 4. The van der Waals surface area contributed by atoms with Gasteiger partial charge in [-0.25, -0.2) is 4.79 Å². The summed E-state index contributed by atoms with van der Waals surface area (Å²) in [6.45, 7) is 9.34. The van der Waals surface area contributed by atoms with Gasteiger partial charge in [-0.15, -0.1) is 0 Å². The maximum absolute atomic E-state index is 13.7. The van der Waals surface area contributed by atoms with Crippen LogP contribution in [0.3, 0.4) is 0 Å². The van der Waals surface area contributed by atoms with Gasteiger partial charge in [0.05, 0.1) is 67.5 Å². The second kappa shape index (κ2) is 28.1. The van der Waals surface area contributed by atoms with Gasteiger partial charge in [-0.05, 0) is 89.7 Å². The Morgan fingerprint density at radius 1 is 0.633 bits per heavy atom. The molecule has 8 fully saturated rings. The first-order valence-electron chi connectivity index (χ1n) is 31.8. The van der Waals surface area contributed by atoms with Gasteiger partial charge in [-0.1, -0.05) is 55.8 Å². The van der Waals surface area contributed by atoms with E-state index in [1.165, 1.54) is 27.2 Å². The standard InChI is InChI=1S/C64H98O26/c1-31-53(87-47-26-39(77-8)54(32(2)81-47)88-48-27-40(78-9)55(33(3)82-48)89-59-52(72)57(79-10)56(42(30-66)85-59)90-58-51(71)50(70)49(69)41(29-65)84-58)38(76-7)25-46(80-31)83-37-19-20-60(5)36(24-37)18-21-63(74)43(60)28-44(86-45(68)17-16-35-14-12-11-13-15-35)61(6)62(73,34(4)67)22-23-64(61,63)75/h11-18,31-34,37-44,46-59,65-67,69-75H,19-30H2,1-10H3/b17-16+/t31-,32-,33-,34+,37+,38+,39+,40-,41-,42-,43-,44-,46+,47+,48+,49-,50+,51-,52-,53-,54-,55-,56-,57+,58+,59+,60+,61-,62-,63+,64+/m1/s1. The number of carbonyl (C=O) groups excluding carboxylic acids is 1. The molecule has 0 amide bonds. The van der Waals surface area contributed by atoms with Gasteiger partial charge in [0, 0.05) is 59.7 Å². The van der Waals surface area contributed by atoms with Gasteiger partial charge in [-0.2, -0.15) is 0 Å². The van der Waals surface area contributed by atoms with Gasteiger partial charge in [0.2, 0.25) is 0 Å². The number of aliphatic hydroxyl groups is 10. The zero-order valence-corrected chi connectivity index (χ0v) is 53.1. The molecule has 9 aliphatic rings. The molecule has 90 heavy (non-hydrogen) atoms. The fourth-order valence-corrected chi connectivity index (χ4v) is 16.7. The van der Waals surface area contributed by atoms with E-state index in [0.717, 1.165) is 11.1 Å². The number of aliphatic hydroxyl groups excluding tert-OH is 7. The fraction of sp³-hybridized carbons (Fsp3) is 0.828. The first-order chi connectivity index (χ1) is 42.8. The molecular weight excluding hydrogens is 1180 g/mol. The molecule has 31 atom stereocenters. The van der Waals surface area contributed by atoms with Gasteiger partial charge in [-0.3, -0.25) is 0 Å². The highest BCUT2D eigenvalue weighted by Gasteiger charge is 2.81. The predicted molar refractivity (Wildman–Crippen MR) is 312 cm³/mol. The molecule has 10 rings (SSSR count). The van der Waals surface area contributed by atoms with Crippen LogP contribution in [0.25, 0.3) is 6.08 Å². The van der Waals surface area contributed by atoms with Crippen LogP contribution in [0, 0.1) is 16.7 Å². The molecule has 0 bridgehead atoms. The van der Waals surface area contributed by atoms with E-state index < -0.39 is 200 Å². The second-order valence-electron chi connectivity index (χ2n) is 26.8. The van der Waals surface area contributed by atoms with E-state index >= 15 is 0 Å². The minimum atomic E-state index is -1.94. The van der Waals surface area contributed by atoms with Crippen molar-refractivity contribution in [3.63, 3.8) is 0 Å². The molecule has 0 spiro atoms. The SMILES string of the molecule is CO[C@H]1[C@@H](O)[C@H](O[C@@H]2[C@@H](C)O[C@@H](O[C@H]3[C@@H](OC)C[C@H](O[C@H]4[C@@H](OC)C[C@H](O[C@H]5CC[C@@]6(C)C(=CC[C@]7(O)[C@@H]6C[C@@H](OC(=O)/C=C/c6ccccc6)[C@@]6(C)[C@@]7(O)CC[C@@]6(O)[C@H](C)O)C5)O[C@@H]4C)O[C@@H]3C)C[C@H]2OC)O[C@H](CO)[C@H]1O[C@@H]1O[C@H](CO)[C@@H](O)[C@H](O)[C@H]1O. The molecule has 26 nitrogen and oxygen atoms in total. The predicted octanol–water partition coefficient (Wildman–Crippen LogP) is 0.795. The van der Waals surface area contributed by atoms with Crippen molar-refractivity contribution in [3.8, 4) is 0 Å². The fourth-order valence-electron chi connectivity index (χ4n) is 16.7. The van der Waals surface area contributed by atoms with Crippen LogP contribution in [0.1, 0.15) is 111 Å². The van der Waals surface area contributed by atoms with Crippen LogP contribution in [0.15, 0.2) is 48.1 Å². The Balaban J connectivity index is 0.730. The molecule has 1 aromatic carbocycles. The highest BCUT2D eigenvalue weighted by molar-refractivity contribution is 5.87. The quantitative estimate of drug-likeness (QED) is 0.0490. The first kappa shape index (κ1) is 70.0. The van der Waals surface area contributed by atoms with Gasteiger partial charge < -0.3 is 122 Å². The molecule has 0 unspecified atom stereocenters. The van der Waals surface area contributed by atoms with Crippen LogP contribution in [0.4, 0.5) is 0 Å². The maximum atomic E-state index is 13.7. The van der Waals surface area contributed by atoms with Crippen molar-refractivity contribution in [2.45, 2.75) is 276 Å². The lowest BCUT2D eigenvalue weighted by Gasteiger charge is -2.67. The number of rotatable bonds is 20. The molecule has 10 N–H and O–H groups in total. The summed E-state index contributed by atoms with van der Waals surface area (Å²) >= 11 is 0. The largest absolute Gasteiger partial charge is 0.458 e. The lowest BCUT2D eigenvalue weighted by Crippen LogP contribution is -2.78. The topological polar surface area (TPSA) is 358 Å². The third-order valence-electron chi connectivity index (χ3n) is 22.0. The van der Waals surface area contributed by atoms with Crippen LogP contribution in [0.2, 0.25) is 0 Å². The van der Waals surface area contributed by atoms with Gasteiger partial charge >= 0.3 is 5.97 Å². The van der Waals surface area contributed by atoms with Crippen LogP contribution in [-0.2, 0) is 75.8 Å². The van der Waals surface area contributed by atoms with Crippen molar-refractivity contribution in [2.24, 2.45) is 16.7 Å². The summed E-state index contributed by atoms with van der Waals surface area (Å²) in [5.41, 5.74) is -6.00. The monoisotopic (exact) mass is 1280 g/mol. The Labute approximate surface area is 525 Å².